The third-order valence-electron chi connectivity index (χ3n) is 2.09. The van der Waals surface area contributed by atoms with Crippen LogP contribution in [-0.4, -0.2) is 44.1 Å². The Labute approximate surface area is 86.5 Å². The van der Waals surface area contributed by atoms with Crippen molar-refractivity contribution >= 4 is 5.91 Å². The van der Waals surface area contributed by atoms with Crippen LogP contribution in [0.2, 0.25) is 0 Å². The van der Waals surface area contributed by atoms with E-state index in [1.165, 1.54) is 11.0 Å². The average Bonchev–Trinajstić information content (AvgIpc) is 2.65. The lowest BCUT2D eigenvalue weighted by Crippen LogP contribution is -2.23. The van der Waals surface area contributed by atoms with E-state index >= 15 is 0 Å². The van der Waals surface area contributed by atoms with Crippen LogP contribution < -0.4 is 5.73 Å². The fourth-order valence-electron chi connectivity index (χ4n) is 1.27. The van der Waals surface area contributed by atoms with E-state index in [0.29, 0.717) is 13.0 Å². The van der Waals surface area contributed by atoms with Gasteiger partial charge in [0.25, 0.3) is 5.91 Å². The number of amides is 1. The Morgan fingerprint density at radius 3 is 3.00 bits per heavy atom. The molecule has 1 heterocycles. The molecular formula is C8H15N4O3+. The van der Waals surface area contributed by atoms with E-state index in [4.69, 9.17) is 15.9 Å². The summed E-state index contributed by atoms with van der Waals surface area (Å²) < 4.78 is 1.37. The molecule has 0 radical (unpaired) electrons. The number of aliphatic hydroxyl groups excluding tert-OH is 1. The molecule has 5 N–H and O–H groups in total. The van der Waals surface area contributed by atoms with Gasteiger partial charge in [0.05, 0.1) is 6.54 Å². The molecule has 0 aliphatic carbocycles. The van der Waals surface area contributed by atoms with E-state index in [-0.39, 0.29) is 25.0 Å². The summed E-state index contributed by atoms with van der Waals surface area (Å²) in [6, 6.07) is 0. The summed E-state index contributed by atoms with van der Waals surface area (Å²) >= 11 is 0. The SMILES string of the molecule is NC(=O)c1ncnn1C[C@H](C[OH2+])CCO. The Morgan fingerprint density at radius 2 is 2.47 bits per heavy atom. The van der Waals surface area contributed by atoms with Crippen LogP contribution in [0.4, 0.5) is 0 Å². The number of nitrogens with two attached hydrogens (primary N) is 1. The average molecular weight is 215 g/mol. The van der Waals surface area contributed by atoms with Crippen molar-refractivity contribution in [2.45, 2.75) is 13.0 Å². The maximum absolute atomic E-state index is 10.9. The lowest BCUT2D eigenvalue weighted by molar-refractivity contribution is 0.0979. The highest BCUT2D eigenvalue weighted by atomic mass is 16.3. The van der Waals surface area contributed by atoms with Crippen LogP contribution in [0.1, 0.15) is 17.0 Å². The monoisotopic (exact) mass is 215 g/mol. The number of aliphatic hydroxyl groups is 1. The van der Waals surface area contributed by atoms with Gasteiger partial charge < -0.3 is 15.9 Å². The van der Waals surface area contributed by atoms with E-state index in [1.54, 1.807) is 0 Å². The smallest absolute Gasteiger partial charge is 0.286 e. The molecule has 1 amide bonds. The Balaban J connectivity index is 2.70. The van der Waals surface area contributed by atoms with Crippen molar-refractivity contribution in [1.82, 2.24) is 14.8 Å². The standard InChI is InChI=1S/C8H14N4O3/c9-7(15)8-10-5-11-12(8)3-6(4-14)1-2-13/h5-6,13-14H,1-4H2,(H2,9,15)/p+1/t6-/m1/s1. The molecule has 0 spiro atoms. The van der Waals surface area contributed by atoms with Gasteiger partial charge >= 0.3 is 0 Å². The van der Waals surface area contributed by atoms with Gasteiger partial charge in [-0.15, -0.1) is 0 Å². The Kier molecular flexibility index (Phi) is 4.19. The van der Waals surface area contributed by atoms with Gasteiger partial charge in [-0.05, 0) is 6.42 Å². The number of carbonyl (C=O) groups is 1. The van der Waals surface area contributed by atoms with Crippen molar-refractivity contribution in [3.63, 3.8) is 0 Å². The Hall–Kier alpha value is -1.47. The minimum Gasteiger partial charge on any atom is -0.445 e. The van der Waals surface area contributed by atoms with Crippen molar-refractivity contribution in [3.8, 4) is 0 Å². The van der Waals surface area contributed by atoms with Gasteiger partial charge in [-0.3, -0.25) is 4.79 Å². The molecule has 7 heteroatoms. The zero-order valence-corrected chi connectivity index (χ0v) is 8.26. The molecular weight excluding hydrogens is 200 g/mol. The predicted molar refractivity (Wildman–Crippen MR) is 52.2 cm³/mol. The Morgan fingerprint density at radius 1 is 1.73 bits per heavy atom. The minimum absolute atomic E-state index is 0.0180. The molecule has 1 rings (SSSR count). The first kappa shape index (κ1) is 11.6. The number of carbonyl (C=O) groups excluding carboxylic acids is 1. The van der Waals surface area contributed by atoms with Crippen molar-refractivity contribution in [1.29, 1.82) is 0 Å². The van der Waals surface area contributed by atoms with Crippen LogP contribution in [0.3, 0.4) is 0 Å². The van der Waals surface area contributed by atoms with Crippen LogP contribution in [0.5, 0.6) is 0 Å². The largest absolute Gasteiger partial charge is 0.445 e. The number of primary amides is 1. The molecule has 0 saturated heterocycles. The minimum atomic E-state index is -0.639. The van der Waals surface area contributed by atoms with E-state index in [2.05, 4.69) is 10.1 Å². The first-order valence-electron chi connectivity index (χ1n) is 4.62. The third kappa shape index (κ3) is 3.00. The van der Waals surface area contributed by atoms with Crippen molar-refractivity contribution in [3.05, 3.63) is 12.2 Å². The van der Waals surface area contributed by atoms with Crippen LogP contribution in [-0.2, 0) is 6.54 Å². The van der Waals surface area contributed by atoms with Crippen LogP contribution >= 0.6 is 0 Å². The van der Waals surface area contributed by atoms with Gasteiger partial charge in [0.1, 0.15) is 12.9 Å². The summed E-state index contributed by atoms with van der Waals surface area (Å²) in [5.41, 5.74) is 5.09. The number of nitrogens with zero attached hydrogens (tertiary/aromatic N) is 3. The van der Waals surface area contributed by atoms with Crippen molar-refractivity contribution < 1.29 is 15.0 Å². The second-order valence-corrected chi connectivity index (χ2v) is 3.21. The first-order valence-corrected chi connectivity index (χ1v) is 4.62. The zero-order valence-electron chi connectivity index (χ0n) is 8.26. The molecule has 1 aromatic heterocycles. The van der Waals surface area contributed by atoms with Crippen LogP contribution in [0.15, 0.2) is 6.33 Å². The molecule has 15 heavy (non-hydrogen) atoms. The van der Waals surface area contributed by atoms with Gasteiger partial charge in [-0.2, -0.15) is 5.10 Å². The molecule has 0 bridgehead atoms. The van der Waals surface area contributed by atoms with Gasteiger partial charge in [0, 0.05) is 12.5 Å². The zero-order chi connectivity index (χ0) is 11.3. The number of hydrogen-bond acceptors (Lipinski definition) is 4. The molecule has 0 unspecified atom stereocenters. The molecule has 0 saturated carbocycles. The summed E-state index contributed by atoms with van der Waals surface area (Å²) in [6.07, 6.45) is 1.75. The predicted octanol–water partition coefficient (Wildman–Crippen LogP) is -1.90. The quantitative estimate of drug-likeness (QED) is 0.539. The maximum atomic E-state index is 10.9. The third-order valence-corrected chi connectivity index (χ3v) is 2.09. The lowest BCUT2D eigenvalue weighted by atomic mass is 10.1. The summed E-state index contributed by atoms with van der Waals surface area (Å²) in [5.74, 6) is -0.596. The highest BCUT2D eigenvalue weighted by molar-refractivity contribution is 5.88. The second kappa shape index (κ2) is 5.42. The summed E-state index contributed by atoms with van der Waals surface area (Å²) in [6.45, 7) is 0.561. The molecule has 0 aliphatic rings. The number of rotatable bonds is 6. The molecule has 1 aromatic rings. The topological polar surface area (TPSA) is 117 Å². The number of hydrogen-bond donors (Lipinski definition) is 2. The molecule has 1 atom stereocenters. The fraction of sp³-hybridized carbons (Fsp3) is 0.625. The number of aromatic nitrogens is 3. The molecule has 7 nitrogen and oxygen atoms in total. The van der Waals surface area contributed by atoms with Crippen LogP contribution in [0, 0.1) is 5.92 Å². The maximum Gasteiger partial charge on any atom is 0.286 e. The summed E-state index contributed by atoms with van der Waals surface area (Å²) in [7, 11) is 0. The molecule has 0 aromatic carbocycles. The molecule has 0 fully saturated rings. The molecule has 84 valence electrons. The van der Waals surface area contributed by atoms with E-state index in [0.717, 1.165) is 0 Å². The second-order valence-electron chi connectivity index (χ2n) is 3.21. The van der Waals surface area contributed by atoms with Gasteiger partial charge in [0.15, 0.2) is 0 Å². The fourth-order valence-corrected chi connectivity index (χ4v) is 1.27. The van der Waals surface area contributed by atoms with E-state index < -0.39 is 5.91 Å². The highest BCUT2D eigenvalue weighted by Crippen LogP contribution is 2.06. The van der Waals surface area contributed by atoms with E-state index in [1.807, 2.05) is 0 Å². The first-order chi connectivity index (χ1) is 7.19. The lowest BCUT2D eigenvalue weighted by Gasteiger charge is -2.10. The summed E-state index contributed by atoms with van der Waals surface area (Å²) in [4.78, 5) is 14.6. The van der Waals surface area contributed by atoms with Gasteiger partial charge in [-0.25, -0.2) is 9.67 Å². The molecule has 0 aliphatic heterocycles. The normalized spacial score (nSPS) is 12.7. The van der Waals surface area contributed by atoms with Crippen LogP contribution in [0.25, 0.3) is 0 Å². The van der Waals surface area contributed by atoms with Crippen molar-refractivity contribution in [2.75, 3.05) is 13.2 Å². The van der Waals surface area contributed by atoms with Crippen molar-refractivity contribution in [2.24, 2.45) is 11.7 Å². The summed E-state index contributed by atoms with van der Waals surface area (Å²) in [5, 5.41) is 19.9. The van der Waals surface area contributed by atoms with Gasteiger partial charge in [0.2, 0.25) is 5.82 Å². The Bertz CT molecular complexity index is 325. The highest BCUT2D eigenvalue weighted by Gasteiger charge is 2.16. The van der Waals surface area contributed by atoms with Gasteiger partial charge in [-0.1, -0.05) is 0 Å². The van der Waals surface area contributed by atoms with E-state index in [9.17, 15) is 4.79 Å².